The number of ether oxygens (including phenoxy) is 4. The molecule has 0 bridgehead atoms. The van der Waals surface area contributed by atoms with Gasteiger partial charge in [0.05, 0.1) is 25.4 Å². The highest BCUT2D eigenvalue weighted by molar-refractivity contribution is 5.13. The number of methoxy groups -OCH3 is 1. The van der Waals surface area contributed by atoms with Crippen molar-refractivity contribution in [3.8, 4) is 0 Å². The van der Waals surface area contributed by atoms with Crippen molar-refractivity contribution in [2.24, 2.45) is 16.7 Å². The van der Waals surface area contributed by atoms with Gasteiger partial charge < -0.3 is 24.1 Å². The highest BCUT2D eigenvalue weighted by atomic mass is 16.7. The summed E-state index contributed by atoms with van der Waals surface area (Å²) in [5.74, 6) is -0.221. The van der Waals surface area contributed by atoms with Gasteiger partial charge in [0.15, 0.2) is 5.79 Å². The van der Waals surface area contributed by atoms with Crippen LogP contribution in [0.5, 0.6) is 0 Å². The lowest BCUT2D eigenvalue weighted by atomic mass is 9.46. The first-order valence-corrected chi connectivity index (χ1v) is 10.1. The number of hydrogen-bond donors (Lipinski definition) is 1. The van der Waals surface area contributed by atoms with Crippen LogP contribution in [0.3, 0.4) is 0 Å². The molecule has 1 spiro atoms. The third-order valence-corrected chi connectivity index (χ3v) is 7.46. The first kappa shape index (κ1) is 20.3. The average molecular weight is 369 g/mol. The van der Waals surface area contributed by atoms with E-state index in [0.717, 1.165) is 38.5 Å². The third-order valence-electron chi connectivity index (χ3n) is 7.46. The maximum Gasteiger partial charge on any atom is 0.174 e. The molecule has 1 saturated heterocycles. The predicted octanol–water partition coefficient (Wildman–Crippen LogP) is 3.65. The van der Waals surface area contributed by atoms with Gasteiger partial charge in [-0.05, 0) is 44.9 Å². The van der Waals surface area contributed by atoms with E-state index < -0.39 is 11.9 Å². The average Bonchev–Trinajstić information content (AvgIpc) is 3.11. The smallest absolute Gasteiger partial charge is 0.174 e. The molecule has 5 nitrogen and oxygen atoms in total. The van der Waals surface area contributed by atoms with Crippen LogP contribution in [0.2, 0.25) is 0 Å². The van der Waals surface area contributed by atoms with Crippen molar-refractivity contribution in [3.05, 3.63) is 12.2 Å². The number of aliphatic hydroxyl groups is 1. The molecular formula is C21H36O5. The lowest BCUT2D eigenvalue weighted by Crippen LogP contribution is -2.66. The normalized spacial score (nSPS) is 40.8. The van der Waals surface area contributed by atoms with E-state index in [9.17, 15) is 5.11 Å². The van der Waals surface area contributed by atoms with Gasteiger partial charge >= 0.3 is 0 Å². The Morgan fingerprint density at radius 3 is 2.58 bits per heavy atom. The van der Waals surface area contributed by atoms with Gasteiger partial charge in [0.2, 0.25) is 0 Å². The summed E-state index contributed by atoms with van der Waals surface area (Å²) in [5.41, 5.74) is -0.478. The lowest BCUT2D eigenvalue weighted by molar-refractivity contribution is -0.314. The molecule has 1 heterocycles. The monoisotopic (exact) mass is 368 g/mol. The van der Waals surface area contributed by atoms with Crippen LogP contribution in [0.15, 0.2) is 12.2 Å². The van der Waals surface area contributed by atoms with Crippen molar-refractivity contribution in [3.63, 3.8) is 0 Å². The molecule has 0 unspecified atom stereocenters. The maximum absolute atomic E-state index is 11.2. The molecule has 3 fully saturated rings. The summed E-state index contributed by atoms with van der Waals surface area (Å²) in [5, 5.41) is 11.2. The minimum Gasteiger partial charge on any atom is -0.392 e. The van der Waals surface area contributed by atoms with Gasteiger partial charge in [-0.2, -0.15) is 0 Å². The van der Waals surface area contributed by atoms with E-state index in [4.69, 9.17) is 18.9 Å². The Bertz CT molecular complexity index is 501. The fourth-order valence-corrected chi connectivity index (χ4v) is 6.03. The van der Waals surface area contributed by atoms with Crippen molar-refractivity contribution in [2.75, 3.05) is 27.1 Å². The quantitative estimate of drug-likeness (QED) is 0.573. The summed E-state index contributed by atoms with van der Waals surface area (Å²) < 4.78 is 23.8. The van der Waals surface area contributed by atoms with Crippen LogP contribution in [0.25, 0.3) is 0 Å². The van der Waals surface area contributed by atoms with Gasteiger partial charge in [-0.3, -0.25) is 0 Å². The van der Waals surface area contributed by atoms with Crippen LogP contribution in [-0.2, 0) is 18.9 Å². The van der Waals surface area contributed by atoms with E-state index in [1.807, 2.05) is 13.0 Å². The van der Waals surface area contributed by atoms with Crippen molar-refractivity contribution in [2.45, 2.75) is 77.3 Å². The molecule has 2 aliphatic carbocycles. The minimum absolute atomic E-state index is 0.102. The zero-order valence-corrected chi connectivity index (χ0v) is 16.8. The molecule has 5 heteroatoms. The van der Waals surface area contributed by atoms with Gasteiger partial charge in [-0.15, -0.1) is 0 Å². The molecule has 150 valence electrons. The fourth-order valence-electron chi connectivity index (χ4n) is 6.03. The molecule has 26 heavy (non-hydrogen) atoms. The summed E-state index contributed by atoms with van der Waals surface area (Å²) in [6.07, 6.45) is 9.20. The summed E-state index contributed by atoms with van der Waals surface area (Å²) in [6, 6.07) is 0. The van der Waals surface area contributed by atoms with Crippen molar-refractivity contribution >= 4 is 0 Å². The van der Waals surface area contributed by atoms with Crippen molar-refractivity contribution in [1.82, 2.24) is 0 Å². The first-order chi connectivity index (χ1) is 12.4. The van der Waals surface area contributed by atoms with Crippen molar-refractivity contribution in [1.29, 1.82) is 0 Å². The second kappa shape index (κ2) is 7.88. The first-order valence-electron chi connectivity index (χ1n) is 10.1. The SMILES string of the molecule is C/C=C/C[C@@H](OCOC)[C@]1(C)[C@@H](O)CC[C@@]2(C)[C@H]1CCCC21OCCO1. The Kier molecular flexibility index (Phi) is 6.15. The molecule has 1 aliphatic heterocycles. The number of hydrogen-bond acceptors (Lipinski definition) is 5. The zero-order chi connectivity index (χ0) is 18.8. The summed E-state index contributed by atoms with van der Waals surface area (Å²) in [4.78, 5) is 0. The van der Waals surface area contributed by atoms with E-state index in [2.05, 4.69) is 19.9 Å². The Balaban J connectivity index is 1.97. The highest BCUT2D eigenvalue weighted by Gasteiger charge is 2.67. The zero-order valence-electron chi connectivity index (χ0n) is 16.8. The van der Waals surface area contributed by atoms with Crippen LogP contribution in [0, 0.1) is 16.7 Å². The van der Waals surface area contributed by atoms with Crippen LogP contribution in [0.1, 0.15) is 59.3 Å². The molecule has 0 radical (unpaired) electrons. The molecule has 0 aromatic carbocycles. The van der Waals surface area contributed by atoms with Crippen LogP contribution in [-0.4, -0.2) is 50.2 Å². The minimum atomic E-state index is -0.496. The van der Waals surface area contributed by atoms with Gasteiger partial charge in [0.25, 0.3) is 0 Å². The second-order valence-electron chi connectivity index (χ2n) is 8.60. The molecule has 0 aromatic rings. The molecule has 3 aliphatic rings. The molecule has 3 rings (SSSR count). The van der Waals surface area contributed by atoms with Gasteiger partial charge in [0, 0.05) is 24.4 Å². The van der Waals surface area contributed by atoms with Gasteiger partial charge in [-0.25, -0.2) is 0 Å². The van der Waals surface area contributed by atoms with E-state index in [1.54, 1.807) is 7.11 Å². The molecule has 5 atom stereocenters. The van der Waals surface area contributed by atoms with Gasteiger partial charge in [-0.1, -0.05) is 26.0 Å². The van der Waals surface area contributed by atoms with Crippen LogP contribution < -0.4 is 0 Å². The second-order valence-corrected chi connectivity index (χ2v) is 8.60. The molecule has 0 aromatic heterocycles. The lowest BCUT2D eigenvalue weighted by Gasteiger charge is -2.63. The van der Waals surface area contributed by atoms with Crippen LogP contribution >= 0.6 is 0 Å². The van der Waals surface area contributed by atoms with Gasteiger partial charge in [0.1, 0.15) is 6.79 Å². The Morgan fingerprint density at radius 2 is 1.92 bits per heavy atom. The Hall–Kier alpha value is -0.460. The van der Waals surface area contributed by atoms with Crippen LogP contribution in [0.4, 0.5) is 0 Å². The number of rotatable bonds is 6. The fraction of sp³-hybridized carbons (Fsp3) is 0.905. The van der Waals surface area contributed by atoms with E-state index in [-0.39, 0.29) is 29.6 Å². The largest absolute Gasteiger partial charge is 0.392 e. The molecule has 2 saturated carbocycles. The summed E-state index contributed by atoms with van der Waals surface area (Å²) >= 11 is 0. The number of fused-ring (bicyclic) bond motifs is 2. The standard InChI is InChI=1S/C21H36O5/c1-5-6-9-18(24-15-23-4)20(3)16-8-7-11-21(25-13-14-26-21)19(16,2)12-10-17(20)22/h5-6,16-18,22H,7-15H2,1-4H3/b6-5+/t16-,17+,18-,19+,20+/m1/s1. The number of aliphatic hydroxyl groups excluding tert-OH is 1. The van der Waals surface area contributed by atoms with E-state index in [0.29, 0.717) is 13.2 Å². The van der Waals surface area contributed by atoms with Crippen molar-refractivity contribution < 1.29 is 24.1 Å². The molecular weight excluding hydrogens is 332 g/mol. The summed E-state index contributed by atoms with van der Waals surface area (Å²) in [6.45, 7) is 8.12. The summed E-state index contributed by atoms with van der Waals surface area (Å²) in [7, 11) is 1.65. The van der Waals surface area contributed by atoms with E-state index >= 15 is 0 Å². The third kappa shape index (κ3) is 3.06. The molecule has 0 amide bonds. The number of allylic oxidation sites excluding steroid dienone is 1. The van der Waals surface area contributed by atoms with E-state index in [1.165, 1.54) is 0 Å². The maximum atomic E-state index is 11.2. The molecule has 1 N–H and O–H groups in total. The Morgan fingerprint density at radius 1 is 1.19 bits per heavy atom. The topological polar surface area (TPSA) is 57.2 Å². The Labute approximate surface area is 158 Å². The predicted molar refractivity (Wildman–Crippen MR) is 99.6 cm³/mol. The highest BCUT2D eigenvalue weighted by Crippen LogP contribution is 2.64.